The second kappa shape index (κ2) is 8.28. The second-order valence-electron chi connectivity index (χ2n) is 4.88. The van der Waals surface area contributed by atoms with Gasteiger partial charge in [0.25, 0.3) is 0 Å². The van der Waals surface area contributed by atoms with E-state index in [0.717, 1.165) is 0 Å². The summed E-state index contributed by atoms with van der Waals surface area (Å²) in [6.45, 7) is 7.05. The van der Waals surface area contributed by atoms with Crippen LogP contribution in [0.4, 0.5) is 0 Å². The van der Waals surface area contributed by atoms with Crippen molar-refractivity contribution in [1.82, 2.24) is 0 Å². The Hall–Kier alpha value is -0.0400. The van der Waals surface area contributed by atoms with E-state index in [1.807, 2.05) is 0 Å². The Labute approximate surface area is 89.9 Å². The van der Waals surface area contributed by atoms with Crippen molar-refractivity contribution in [3.8, 4) is 0 Å². The highest BCUT2D eigenvalue weighted by Gasteiger charge is 2.21. The normalized spacial score (nSPS) is 15.4. The van der Waals surface area contributed by atoms with Crippen LogP contribution in [0, 0.1) is 5.41 Å². The maximum atomic E-state index is 9.37. The molecule has 0 saturated carbocycles. The van der Waals surface area contributed by atoms with Crippen LogP contribution >= 0.6 is 0 Å². The molecule has 1 unspecified atom stereocenters. The van der Waals surface area contributed by atoms with Crippen molar-refractivity contribution in [1.29, 1.82) is 0 Å². The fourth-order valence-electron chi connectivity index (χ4n) is 1.87. The molecule has 0 bridgehead atoms. The average molecular weight is 200 g/mol. The van der Waals surface area contributed by atoms with Crippen LogP contribution in [0.3, 0.4) is 0 Å². The van der Waals surface area contributed by atoms with Gasteiger partial charge in [-0.15, -0.1) is 0 Å². The number of hydrogen-bond donors (Lipinski definition) is 1. The predicted octanol–water partition coefficient (Wildman–Crippen LogP) is 4.15. The summed E-state index contributed by atoms with van der Waals surface area (Å²) in [5.74, 6) is 0. The molecule has 0 aliphatic heterocycles. The van der Waals surface area contributed by atoms with E-state index in [2.05, 4.69) is 20.8 Å². The van der Waals surface area contributed by atoms with Gasteiger partial charge in [0.2, 0.25) is 0 Å². The lowest BCUT2D eigenvalue weighted by Gasteiger charge is -2.27. The fourth-order valence-corrected chi connectivity index (χ4v) is 1.87. The van der Waals surface area contributed by atoms with Gasteiger partial charge in [-0.1, -0.05) is 59.3 Å². The molecule has 0 fully saturated rings. The van der Waals surface area contributed by atoms with Crippen LogP contribution in [-0.4, -0.2) is 11.7 Å². The van der Waals surface area contributed by atoms with Crippen LogP contribution in [0.15, 0.2) is 0 Å². The molecule has 0 rings (SSSR count). The van der Waals surface area contributed by atoms with E-state index < -0.39 is 0 Å². The Balaban J connectivity index is 3.63. The smallest absolute Gasteiger partial charge is 0.0484 e. The molecular formula is C13H28O. The van der Waals surface area contributed by atoms with Gasteiger partial charge in [0.1, 0.15) is 0 Å². The minimum absolute atomic E-state index is 0.198. The van der Waals surface area contributed by atoms with Crippen molar-refractivity contribution in [2.45, 2.75) is 72.1 Å². The van der Waals surface area contributed by atoms with E-state index in [-0.39, 0.29) is 5.41 Å². The summed E-state index contributed by atoms with van der Waals surface area (Å²) in [6, 6.07) is 0. The van der Waals surface area contributed by atoms with E-state index in [0.29, 0.717) is 6.61 Å². The summed E-state index contributed by atoms with van der Waals surface area (Å²) in [5.41, 5.74) is 0.198. The van der Waals surface area contributed by atoms with E-state index >= 15 is 0 Å². The summed E-state index contributed by atoms with van der Waals surface area (Å²) in [7, 11) is 0. The third-order valence-corrected chi connectivity index (χ3v) is 3.15. The molecule has 0 heterocycles. The first-order valence-electron chi connectivity index (χ1n) is 6.29. The summed E-state index contributed by atoms with van der Waals surface area (Å²) in [4.78, 5) is 0. The molecule has 0 aromatic carbocycles. The number of unbranched alkanes of at least 4 members (excludes halogenated alkanes) is 4. The van der Waals surface area contributed by atoms with Gasteiger partial charge in [-0.25, -0.2) is 0 Å². The largest absolute Gasteiger partial charge is 0.396 e. The molecule has 1 nitrogen and oxygen atoms in total. The Morgan fingerprint density at radius 1 is 0.857 bits per heavy atom. The number of aliphatic hydroxyl groups excluding tert-OH is 1. The molecule has 0 saturated heterocycles. The van der Waals surface area contributed by atoms with Gasteiger partial charge in [-0.05, 0) is 18.3 Å². The highest BCUT2D eigenvalue weighted by molar-refractivity contribution is 4.73. The van der Waals surface area contributed by atoms with Crippen molar-refractivity contribution in [2.75, 3.05) is 6.61 Å². The first-order chi connectivity index (χ1) is 6.68. The molecule has 0 aromatic rings. The predicted molar refractivity (Wildman–Crippen MR) is 63.5 cm³/mol. The Kier molecular flexibility index (Phi) is 8.26. The lowest BCUT2D eigenvalue weighted by atomic mass is 9.81. The summed E-state index contributed by atoms with van der Waals surface area (Å²) in [6.07, 6.45) is 10.1. The monoisotopic (exact) mass is 200 g/mol. The van der Waals surface area contributed by atoms with E-state index in [1.54, 1.807) is 0 Å². The minimum atomic E-state index is 0.198. The third-order valence-electron chi connectivity index (χ3n) is 3.15. The van der Waals surface area contributed by atoms with Crippen LogP contribution in [0.5, 0.6) is 0 Å². The topological polar surface area (TPSA) is 20.2 Å². The Morgan fingerprint density at radius 2 is 1.43 bits per heavy atom. The van der Waals surface area contributed by atoms with Crippen LogP contribution in [0.1, 0.15) is 72.1 Å². The first kappa shape index (κ1) is 14.0. The average Bonchev–Trinajstić information content (AvgIpc) is 2.22. The van der Waals surface area contributed by atoms with Crippen LogP contribution < -0.4 is 0 Å². The number of hydrogen-bond acceptors (Lipinski definition) is 1. The van der Waals surface area contributed by atoms with Crippen molar-refractivity contribution in [3.63, 3.8) is 0 Å². The lowest BCUT2D eigenvalue weighted by Crippen LogP contribution is -2.21. The van der Waals surface area contributed by atoms with Gasteiger partial charge in [-0.3, -0.25) is 0 Å². The molecule has 0 radical (unpaired) electrons. The Morgan fingerprint density at radius 3 is 1.93 bits per heavy atom. The van der Waals surface area contributed by atoms with Crippen molar-refractivity contribution < 1.29 is 5.11 Å². The lowest BCUT2D eigenvalue weighted by molar-refractivity contribution is 0.117. The fraction of sp³-hybridized carbons (Fsp3) is 1.00. The zero-order valence-corrected chi connectivity index (χ0v) is 10.3. The molecule has 1 heteroatoms. The quantitative estimate of drug-likeness (QED) is 0.554. The van der Waals surface area contributed by atoms with Gasteiger partial charge < -0.3 is 5.11 Å². The zero-order chi connectivity index (χ0) is 10.9. The molecule has 0 aliphatic rings. The molecule has 0 aromatic heterocycles. The third kappa shape index (κ3) is 6.42. The molecule has 1 N–H and O–H groups in total. The zero-order valence-electron chi connectivity index (χ0n) is 10.3. The van der Waals surface area contributed by atoms with Gasteiger partial charge in [0.05, 0.1) is 0 Å². The van der Waals surface area contributed by atoms with E-state index in [4.69, 9.17) is 0 Å². The van der Waals surface area contributed by atoms with Gasteiger partial charge in [-0.2, -0.15) is 0 Å². The van der Waals surface area contributed by atoms with Gasteiger partial charge in [0.15, 0.2) is 0 Å². The molecule has 14 heavy (non-hydrogen) atoms. The standard InChI is InChI=1S/C13H28O/c1-4-6-8-9-11-13(3,12-14)10-7-5-2/h14H,4-12H2,1-3H3. The maximum Gasteiger partial charge on any atom is 0.0484 e. The van der Waals surface area contributed by atoms with Gasteiger partial charge >= 0.3 is 0 Å². The maximum absolute atomic E-state index is 9.37. The second-order valence-corrected chi connectivity index (χ2v) is 4.88. The first-order valence-corrected chi connectivity index (χ1v) is 6.29. The van der Waals surface area contributed by atoms with Crippen LogP contribution in [0.25, 0.3) is 0 Å². The minimum Gasteiger partial charge on any atom is -0.396 e. The van der Waals surface area contributed by atoms with Crippen LogP contribution in [0.2, 0.25) is 0 Å². The van der Waals surface area contributed by atoms with Crippen molar-refractivity contribution in [2.24, 2.45) is 5.41 Å². The molecule has 0 amide bonds. The van der Waals surface area contributed by atoms with E-state index in [1.165, 1.54) is 51.4 Å². The summed E-state index contributed by atoms with van der Waals surface area (Å²) >= 11 is 0. The summed E-state index contributed by atoms with van der Waals surface area (Å²) in [5, 5.41) is 9.37. The molecule has 1 atom stereocenters. The highest BCUT2D eigenvalue weighted by atomic mass is 16.3. The molecule has 0 aliphatic carbocycles. The molecule has 86 valence electrons. The number of rotatable bonds is 9. The summed E-state index contributed by atoms with van der Waals surface area (Å²) < 4.78 is 0. The van der Waals surface area contributed by atoms with E-state index in [9.17, 15) is 5.11 Å². The van der Waals surface area contributed by atoms with Crippen molar-refractivity contribution >= 4 is 0 Å². The molecule has 0 spiro atoms. The SMILES string of the molecule is CCCCCCC(C)(CO)CCCC. The van der Waals surface area contributed by atoms with Crippen molar-refractivity contribution in [3.05, 3.63) is 0 Å². The van der Waals surface area contributed by atoms with Gasteiger partial charge in [0, 0.05) is 6.61 Å². The Bertz CT molecular complexity index is 122. The number of aliphatic hydroxyl groups is 1. The molecular weight excluding hydrogens is 172 g/mol. The highest BCUT2D eigenvalue weighted by Crippen LogP contribution is 2.30. The van der Waals surface area contributed by atoms with Crippen LogP contribution in [-0.2, 0) is 0 Å².